The smallest absolute Gasteiger partial charge is 0.264 e. The van der Waals surface area contributed by atoms with Gasteiger partial charge in [0.15, 0.2) is 11.5 Å². The number of aryl methyl sites for hydroxylation is 1. The molecule has 0 saturated carbocycles. The lowest BCUT2D eigenvalue weighted by atomic mass is 10.1. The van der Waals surface area contributed by atoms with Gasteiger partial charge in [0.05, 0.1) is 9.26 Å². The van der Waals surface area contributed by atoms with E-state index in [9.17, 15) is 4.79 Å². The van der Waals surface area contributed by atoms with Crippen LogP contribution >= 0.6 is 22.6 Å². The van der Waals surface area contributed by atoms with Crippen LogP contribution in [0.1, 0.15) is 12.6 Å². The number of nitrogens with zero attached hydrogens (tertiary/aromatic N) is 1. The van der Waals surface area contributed by atoms with E-state index in [2.05, 4.69) is 9.97 Å². The van der Waals surface area contributed by atoms with Crippen LogP contribution in [0.15, 0.2) is 23.0 Å². The second-order valence-electron chi connectivity index (χ2n) is 4.39. The van der Waals surface area contributed by atoms with E-state index in [0.717, 1.165) is 23.4 Å². The van der Waals surface area contributed by atoms with Gasteiger partial charge < -0.3 is 14.5 Å². The van der Waals surface area contributed by atoms with Crippen molar-refractivity contribution in [1.82, 2.24) is 9.97 Å². The van der Waals surface area contributed by atoms with Gasteiger partial charge in [0.2, 0.25) is 0 Å². The van der Waals surface area contributed by atoms with Gasteiger partial charge in [-0.05, 0) is 47.2 Å². The quantitative estimate of drug-likeness (QED) is 0.808. The van der Waals surface area contributed by atoms with E-state index < -0.39 is 0 Å². The van der Waals surface area contributed by atoms with Crippen LogP contribution in [0.25, 0.3) is 11.4 Å². The molecule has 0 bridgehead atoms. The second kappa shape index (κ2) is 5.43. The Labute approximate surface area is 129 Å². The predicted molar refractivity (Wildman–Crippen MR) is 83.4 cm³/mol. The molecule has 0 aliphatic carbocycles. The summed E-state index contributed by atoms with van der Waals surface area (Å²) in [4.78, 5) is 19.2. The maximum absolute atomic E-state index is 11.9. The van der Waals surface area contributed by atoms with Gasteiger partial charge in [0.1, 0.15) is 19.0 Å². The molecular weight excluding hydrogens is 371 g/mol. The molecule has 0 radical (unpaired) electrons. The number of rotatable bonds is 2. The third-order valence-corrected chi connectivity index (χ3v) is 4.19. The largest absolute Gasteiger partial charge is 0.486 e. The molecule has 1 aliphatic rings. The molecule has 0 spiro atoms. The number of fused-ring (bicyclic) bond motifs is 1. The van der Waals surface area contributed by atoms with Crippen LogP contribution in [-0.2, 0) is 6.42 Å². The number of aromatic amines is 1. The molecule has 0 atom stereocenters. The lowest BCUT2D eigenvalue weighted by Gasteiger charge is -2.18. The zero-order valence-electron chi connectivity index (χ0n) is 10.9. The molecule has 0 unspecified atom stereocenters. The van der Waals surface area contributed by atoms with Gasteiger partial charge in [-0.2, -0.15) is 0 Å². The fraction of sp³-hybridized carbons (Fsp3) is 0.286. The number of benzene rings is 1. The maximum Gasteiger partial charge on any atom is 0.264 e. The van der Waals surface area contributed by atoms with Crippen molar-refractivity contribution in [3.8, 4) is 22.9 Å². The Balaban J connectivity index is 2.09. The number of halogens is 1. The van der Waals surface area contributed by atoms with E-state index in [4.69, 9.17) is 9.47 Å². The standard InChI is InChI=1S/C14H13IN2O3/c1-2-9-12(15)14(18)17-13(16-9)8-3-4-10-11(7-8)20-6-5-19-10/h3-4,7H,2,5-6H2,1H3,(H,16,17,18). The summed E-state index contributed by atoms with van der Waals surface area (Å²) in [6, 6.07) is 5.56. The zero-order chi connectivity index (χ0) is 14.1. The van der Waals surface area contributed by atoms with Gasteiger partial charge in [-0.25, -0.2) is 4.98 Å². The minimum absolute atomic E-state index is 0.109. The van der Waals surface area contributed by atoms with Crippen molar-refractivity contribution < 1.29 is 9.47 Å². The maximum atomic E-state index is 11.9. The highest BCUT2D eigenvalue weighted by molar-refractivity contribution is 14.1. The first-order valence-corrected chi connectivity index (χ1v) is 7.45. The SMILES string of the molecule is CCc1nc(-c2ccc3c(c2)OCCO3)[nH]c(=O)c1I. The number of aromatic nitrogens is 2. The van der Waals surface area contributed by atoms with Crippen LogP contribution in [0.3, 0.4) is 0 Å². The monoisotopic (exact) mass is 384 g/mol. The molecule has 2 heterocycles. The molecule has 0 fully saturated rings. The third-order valence-electron chi connectivity index (χ3n) is 3.08. The van der Waals surface area contributed by atoms with Crippen molar-refractivity contribution in [1.29, 1.82) is 0 Å². The van der Waals surface area contributed by atoms with Crippen molar-refractivity contribution in [2.24, 2.45) is 0 Å². The summed E-state index contributed by atoms with van der Waals surface area (Å²) in [6.07, 6.45) is 0.722. The Morgan fingerprint density at radius 2 is 2.05 bits per heavy atom. The fourth-order valence-electron chi connectivity index (χ4n) is 2.07. The summed E-state index contributed by atoms with van der Waals surface area (Å²) in [5, 5.41) is 0. The van der Waals surface area contributed by atoms with Gasteiger partial charge in [-0.1, -0.05) is 6.92 Å². The van der Waals surface area contributed by atoms with Crippen molar-refractivity contribution >= 4 is 22.6 Å². The Kier molecular flexibility index (Phi) is 3.64. The zero-order valence-corrected chi connectivity index (χ0v) is 13.1. The Morgan fingerprint density at radius 3 is 2.80 bits per heavy atom. The molecule has 3 rings (SSSR count). The molecule has 20 heavy (non-hydrogen) atoms. The van der Waals surface area contributed by atoms with Crippen LogP contribution in [0.4, 0.5) is 0 Å². The molecule has 0 amide bonds. The van der Waals surface area contributed by atoms with Gasteiger partial charge in [0, 0.05) is 5.56 Å². The average Bonchev–Trinajstić information content (AvgIpc) is 2.49. The van der Waals surface area contributed by atoms with Crippen molar-refractivity contribution in [3.05, 3.63) is 37.8 Å². The van der Waals surface area contributed by atoms with Crippen LogP contribution in [0, 0.1) is 3.57 Å². The molecule has 1 aliphatic heterocycles. The highest BCUT2D eigenvalue weighted by Crippen LogP contribution is 2.33. The van der Waals surface area contributed by atoms with Crippen molar-refractivity contribution in [2.75, 3.05) is 13.2 Å². The van der Waals surface area contributed by atoms with Crippen LogP contribution < -0.4 is 15.0 Å². The van der Waals surface area contributed by atoms with E-state index in [0.29, 0.717) is 28.4 Å². The summed E-state index contributed by atoms with van der Waals surface area (Å²) < 4.78 is 11.7. The number of nitrogens with one attached hydrogen (secondary N) is 1. The van der Waals surface area contributed by atoms with Gasteiger partial charge in [-0.3, -0.25) is 4.79 Å². The van der Waals surface area contributed by atoms with Crippen LogP contribution in [-0.4, -0.2) is 23.2 Å². The van der Waals surface area contributed by atoms with Crippen LogP contribution in [0.5, 0.6) is 11.5 Å². The fourth-order valence-corrected chi connectivity index (χ4v) is 2.70. The minimum Gasteiger partial charge on any atom is -0.486 e. The van der Waals surface area contributed by atoms with E-state index in [1.807, 2.05) is 47.7 Å². The first kappa shape index (κ1) is 13.4. The highest BCUT2D eigenvalue weighted by atomic mass is 127. The molecular formula is C14H13IN2O3. The van der Waals surface area contributed by atoms with Gasteiger partial charge in [-0.15, -0.1) is 0 Å². The van der Waals surface area contributed by atoms with E-state index in [-0.39, 0.29) is 5.56 Å². The van der Waals surface area contributed by atoms with Crippen LogP contribution in [0.2, 0.25) is 0 Å². The first-order chi connectivity index (χ1) is 9.69. The molecule has 5 nitrogen and oxygen atoms in total. The molecule has 1 N–H and O–H groups in total. The summed E-state index contributed by atoms with van der Waals surface area (Å²) >= 11 is 2.02. The lowest BCUT2D eigenvalue weighted by Crippen LogP contribution is -2.17. The van der Waals surface area contributed by atoms with Gasteiger partial charge in [0.25, 0.3) is 5.56 Å². The molecule has 2 aromatic rings. The molecule has 1 aromatic carbocycles. The molecule has 104 valence electrons. The predicted octanol–water partition coefficient (Wildman–Crippen LogP) is 2.38. The first-order valence-electron chi connectivity index (χ1n) is 6.37. The highest BCUT2D eigenvalue weighted by Gasteiger charge is 2.14. The van der Waals surface area contributed by atoms with E-state index in [1.165, 1.54) is 0 Å². The summed E-state index contributed by atoms with van der Waals surface area (Å²) in [5.74, 6) is 1.97. The number of ether oxygens (including phenoxy) is 2. The van der Waals surface area contributed by atoms with Crippen molar-refractivity contribution in [3.63, 3.8) is 0 Å². The Bertz CT molecular complexity index is 712. The van der Waals surface area contributed by atoms with Crippen molar-refractivity contribution in [2.45, 2.75) is 13.3 Å². The number of hydrogen-bond acceptors (Lipinski definition) is 4. The lowest BCUT2D eigenvalue weighted by molar-refractivity contribution is 0.171. The number of H-pyrrole nitrogens is 1. The topological polar surface area (TPSA) is 64.2 Å². The summed E-state index contributed by atoms with van der Waals surface area (Å²) in [6.45, 7) is 3.08. The Hall–Kier alpha value is -1.57. The molecule has 0 saturated heterocycles. The summed E-state index contributed by atoms with van der Waals surface area (Å²) in [5.41, 5.74) is 1.51. The third kappa shape index (κ3) is 2.39. The molecule has 1 aromatic heterocycles. The Morgan fingerprint density at radius 1 is 1.30 bits per heavy atom. The van der Waals surface area contributed by atoms with Gasteiger partial charge >= 0.3 is 0 Å². The van der Waals surface area contributed by atoms with E-state index >= 15 is 0 Å². The normalized spacial score (nSPS) is 13.3. The minimum atomic E-state index is -0.109. The second-order valence-corrected chi connectivity index (χ2v) is 5.47. The van der Waals surface area contributed by atoms with E-state index in [1.54, 1.807) is 0 Å². The number of hydrogen-bond donors (Lipinski definition) is 1. The molecule has 6 heteroatoms. The average molecular weight is 384 g/mol. The summed E-state index contributed by atoms with van der Waals surface area (Å²) in [7, 11) is 0.